The number of amides is 2. The van der Waals surface area contributed by atoms with Gasteiger partial charge in [-0.25, -0.2) is 4.79 Å². The monoisotopic (exact) mass is 531 g/mol. The molecule has 4 rings (SSSR count). The van der Waals surface area contributed by atoms with E-state index in [4.69, 9.17) is 9.47 Å². The number of esters is 1. The summed E-state index contributed by atoms with van der Waals surface area (Å²) in [5.74, 6) is 0.235. The van der Waals surface area contributed by atoms with Gasteiger partial charge < -0.3 is 24.7 Å². The van der Waals surface area contributed by atoms with Crippen LogP contribution < -0.4 is 15.4 Å². The van der Waals surface area contributed by atoms with Crippen molar-refractivity contribution in [2.45, 2.75) is 18.4 Å². The molecule has 0 aliphatic carbocycles. The second kappa shape index (κ2) is 12.8. The van der Waals surface area contributed by atoms with E-state index in [9.17, 15) is 14.4 Å². The molecular formula is C29H29N3O5S. The SMILES string of the molecule is CCOC(=O)c1ccc(NC(=O)CSc2cn(CCNC(=O)c3ccc(OC)cc3)c3ccccc23)cc1. The van der Waals surface area contributed by atoms with E-state index in [1.807, 2.05) is 30.5 Å². The summed E-state index contributed by atoms with van der Waals surface area (Å²) >= 11 is 1.45. The molecule has 0 atom stereocenters. The third-order valence-corrected chi connectivity index (χ3v) is 6.82. The number of aromatic nitrogens is 1. The minimum absolute atomic E-state index is 0.148. The number of hydrogen-bond donors (Lipinski definition) is 2. The van der Waals surface area contributed by atoms with Crippen molar-refractivity contribution in [3.8, 4) is 5.75 Å². The molecule has 4 aromatic rings. The van der Waals surface area contributed by atoms with Gasteiger partial charge in [0.25, 0.3) is 5.91 Å². The highest BCUT2D eigenvalue weighted by atomic mass is 32.2. The first-order valence-corrected chi connectivity index (χ1v) is 13.2. The number of ether oxygens (including phenoxy) is 2. The minimum Gasteiger partial charge on any atom is -0.497 e. The normalized spacial score (nSPS) is 10.7. The van der Waals surface area contributed by atoms with Crippen molar-refractivity contribution in [3.05, 3.63) is 90.1 Å². The second-order valence-corrected chi connectivity index (χ2v) is 9.34. The average Bonchev–Trinajstić information content (AvgIpc) is 3.30. The standard InChI is InChI=1S/C29H29N3O5S/c1-3-37-29(35)21-8-12-22(13-9-21)31-27(33)19-38-26-18-32(25-7-5-4-6-24(25)26)17-16-30-28(34)20-10-14-23(36-2)15-11-20/h4-15,18H,3,16-17,19H2,1-2H3,(H,30,34)(H,31,33). The van der Waals surface area contributed by atoms with Gasteiger partial charge in [-0.05, 0) is 61.5 Å². The number of carbonyl (C=O) groups excluding carboxylic acids is 3. The summed E-state index contributed by atoms with van der Waals surface area (Å²) in [4.78, 5) is 37.8. The molecule has 0 saturated carbocycles. The third kappa shape index (κ3) is 6.74. The molecule has 0 bridgehead atoms. The van der Waals surface area contributed by atoms with Gasteiger partial charge in [0.15, 0.2) is 0 Å². The molecule has 1 aromatic heterocycles. The average molecular weight is 532 g/mol. The van der Waals surface area contributed by atoms with Crippen molar-refractivity contribution in [1.29, 1.82) is 0 Å². The first-order chi connectivity index (χ1) is 18.5. The number of anilines is 1. The molecule has 0 spiro atoms. The molecule has 196 valence electrons. The van der Waals surface area contributed by atoms with Gasteiger partial charge in [0, 0.05) is 46.3 Å². The predicted molar refractivity (Wildman–Crippen MR) is 149 cm³/mol. The van der Waals surface area contributed by atoms with Crippen molar-refractivity contribution in [2.75, 3.05) is 31.3 Å². The van der Waals surface area contributed by atoms with Gasteiger partial charge >= 0.3 is 5.97 Å². The summed E-state index contributed by atoms with van der Waals surface area (Å²) in [6, 6.07) is 21.6. The van der Waals surface area contributed by atoms with Crippen LogP contribution in [0.2, 0.25) is 0 Å². The molecule has 0 aliphatic rings. The van der Waals surface area contributed by atoms with Crippen molar-refractivity contribution >= 4 is 46.1 Å². The Morgan fingerprint density at radius 2 is 1.63 bits per heavy atom. The number of methoxy groups -OCH3 is 1. The van der Waals surface area contributed by atoms with Crippen LogP contribution in [0.25, 0.3) is 10.9 Å². The molecule has 38 heavy (non-hydrogen) atoms. The van der Waals surface area contributed by atoms with E-state index < -0.39 is 5.97 Å². The number of rotatable bonds is 11. The van der Waals surface area contributed by atoms with E-state index in [0.29, 0.717) is 42.3 Å². The smallest absolute Gasteiger partial charge is 0.338 e. The number of thioether (sulfide) groups is 1. The molecule has 3 aromatic carbocycles. The molecule has 9 heteroatoms. The maximum absolute atomic E-state index is 12.6. The first-order valence-electron chi connectivity index (χ1n) is 12.2. The maximum atomic E-state index is 12.6. The lowest BCUT2D eigenvalue weighted by Crippen LogP contribution is -2.27. The van der Waals surface area contributed by atoms with E-state index in [0.717, 1.165) is 15.8 Å². The molecule has 0 saturated heterocycles. The largest absolute Gasteiger partial charge is 0.497 e. The number of nitrogens with zero attached hydrogens (tertiary/aromatic N) is 1. The summed E-state index contributed by atoms with van der Waals surface area (Å²) in [6.07, 6.45) is 2.01. The Hall–Kier alpha value is -4.24. The Labute approximate surface area is 225 Å². The highest BCUT2D eigenvalue weighted by molar-refractivity contribution is 8.00. The zero-order valence-corrected chi connectivity index (χ0v) is 22.0. The van der Waals surface area contributed by atoms with Crippen LogP contribution in [0.1, 0.15) is 27.6 Å². The van der Waals surface area contributed by atoms with E-state index in [-0.39, 0.29) is 17.6 Å². The summed E-state index contributed by atoms with van der Waals surface area (Å²) < 4.78 is 12.2. The fourth-order valence-electron chi connectivity index (χ4n) is 3.89. The molecule has 8 nitrogen and oxygen atoms in total. The van der Waals surface area contributed by atoms with Crippen LogP contribution in [0.5, 0.6) is 5.75 Å². The number of para-hydroxylation sites is 1. The highest BCUT2D eigenvalue weighted by Gasteiger charge is 2.12. The van der Waals surface area contributed by atoms with Crippen LogP contribution in [0.15, 0.2) is 83.9 Å². The Balaban J connectivity index is 1.33. The molecule has 0 aliphatic heterocycles. The number of benzene rings is 3. The number of hydrogen-bond acceptors (Lipinski definition) is 6. The Morgan fingerprint density at radius 1 is 0.921 bits per heavy atom. The second-order valence-electron chi connectivity index (χ2n) is 8.32. The van der Waals surface area contributed by atoms with Crippen molar-refractivity contribution < 1.29 is 23.9 Å². The molecule has 1 heterocycles. The summed E-state index contributed by atoms with van der Waals surface area (Å²) in [6.45, 7) is 3.10. The zero-order valence-electron chi connectivity index (χ0n) is 21.2. The van der Waals surface area contributed by atoms with Crippen LogP contribution in [0.4, 0.5) is 5.69 Å². The third-order valence-electron chi connectivity index (χ3n) is 5.78. The topological polar surface area (TPSA) is 98.7 Å². The lowest BCUT2D eigenvalue weighted by atomic mass is 10.2. The molecule has 0 fully saturated rings. The van der Waals surface area contributed by atoms with Crippen molar-refractivity contribution in [1.82, 2.24) is 9.88 Å². The Morgan fingerprint density at radius 3 is 2.34 bits per heavy atom. The minimum atomic E-state index is -0.391. The van der Waals surface area contributed by atoms with Gasteiger partial charge in [0.2, 0.25) is 5.91 Å². The molecule has 0 unspecified atom stereocenters. The Bertz CT molecular complexity index is 1410. The van der Waals surface area contributed by atoms with Gasteiger partial charge in [-0.15, -0.1) is 11.8 Å². The van der Waals surface area contributed by atoms with E-state index in [1.54, 1.807) is 62.6 Å². The summed E-state index contributed by atoms with van der Waals surface area (Å²) in [7, 11) is 1.59. The summed E-state index contributed by atoms with van der Waals surface area (Å²) in [5.41, 5.74) is 2.65. The summed E-state index contributed by atoms with van der Waals surface area (Å²) in [5, 5.41) is 6.86. The number of nitrogens with one attached hydrogen (secondary N) is 2. The van der Waals surface area contributed by atoms with Gasteiger partial charge in [-0.2, -0.15) is 0 Å². The first kappa shape index (κ1) is 26.8. The quantitative estimate of drug-likeness (QED) is 0.209. The molecule has 2 N–H and O–H groups in total. The zero-order chi connectivity index (χ0) is 26.9. The van der Waals surface area contributed by atoms with E-state index in [2.05, 4.69) is 15.2 Å². The van der Waals surface area contributed by atoms with Gasteiger partial charge in [-0.3, -0.25) is 9.59 Å². The van der Waals surface area contributed by atoms with Crippen molar-refractivity contribution in [2.24, 2.45) is 0 Å². The van der Waals surface area contributed by atoms with Gasteiger partial charge in [0.1, 0.15) is 5.75 Å². The van der Waals surface area contributed by atoms with Crippen LogP contribution >= 0.6 is 11.8 Å². The lowest BCUT2D eigenvalue weighted by Gasteiger charge is -2.08. The predicted octanol–water partition coefficient (Wildman–Crippen LogP) is 4.99. The fourth-order valence-corrected chi connectivity index (χ4v) is 4.78. The van der Waals surface area contributed by atoms with E-state index in [1.165, 1.54) is 11.8 Å². The number of carbonyl (C=O) groups is 3. The van der Waals surface area contributed by atoms with Gasteiger partial charge in [0.05, 0.1) is 25.0 Å². The molecular weight excluding hydrogens is 502 g/mol. The number of fused-ring (bicyclic) bond motifs is 1. The van der Waals surface area contributed by atoms with Crippen LogP contribution in [0.3, 0.4) is 0 Å². The fraction of sp³-hybridized carbons (Fsp3) is 0.207. The van der Waals surface area contributed by atoms with Gasteiger partial charge in [-0.1, -0.05) is 18.2 Å². The maximum Gasteiger partial charge on any atom is 0.338 e. The van der Waals surface area contributed by atoms with Crippen LogP contribution in [-0.2, 0) is 16.1 Å². The van der Waals surface area contributed by atoms with E-state index >= 15 is 0 Å². The van der Waals surface area contributed by atoms with Crippen molar-refractivity contribution in [3.63, 3.8) is 0 Å². The molecule has 0 radical (unpaired) electrons. The molecule has 2 amide bonds. The van der Waals surface area contributed by atoms with Crippen LogP contribution in [0, 0.1) is 0 Å². The van der Waals surface area contributed by atoms with Crippen LogP contribution in [-0.4, -0.2) is 48.4 Å². The Kier molecular flexibility index (Phi) is 9.05. The highest BCUT2D eigenvalue weighted by Crippen LogP contribution is 2.30. The lowest BCUT2D eigenvalue weighted by molar-refractivity contribution is -0.113.